The summed E-state index contributed by atoms with van der Waals surface area (Å²) in [6.07, 6.45) is 2.29. The maximum atomic E-state index is 5.91. The molecule has 1 aliphatic rings. The fourth-order valence-electron chi connectivity index (χ4n) is 2.61. The van der Waals surface area contributed by atoms with Gasteiger partial charge in [-0.2, -0.15) is 0 Å². The summed E-state index contributed by atoms with van der Waals surface area (Å²) in [7, 11) is 0. The van der Waals surface area contributed by atoms with Gasteiger partial charge in [-0.05, 0) is 58.3 Å². The number of hydrogen-bond acceptors (Lipinski definition) is 3. The van der Waals surface area contributed by atoms with Crippen molar-refractivity contribution in [2.75, 3.05) is 32.8 Å². The molecule has 3 rings (SSSR count). The monoisotopic (exact) mass is 387 g/mol. The minimum Gasteiger partial charge on any atom is -0.456 e. The van der Waals surface area contributed by atoms with Gasteiger partial charge in [0.15, 0.2) is 0 Å². The second-order valence-electron chi connectivity index (χ2n) is 5.86. The molecule has 1 heterocycles. The van der Waals surface area contributed by atoms with Crippen LogP contribution >= 0.6 is 15.9 Å². The van der Waals surface area contributed by atoms with E-state index in [0.29, 0.717) is 0 Å². The number of allylic oxidation sites excluding steroid dienone is 1. The Kier molecular flexibility index (Phi) is 6.07. The van der Waals surface area contributed by atoms with Gasteiger partial charge in [0.2, 0.25) is 0 Å². The largest absolute Gasteiger partial charge is 0.456 e. The van der Waals surface area contributed by atoms with Gasteiger partial charge in [0.25, 0.3) is 0 Å². The molecule has 24 heavy (non-hydrogen) atoms. The molecule has 0 saturated carbocycles. The molecule has 0 aromatic heterocycles. The summed E-state index contributed by atoms with van der Waals surface area (Å²) in [6, 6.07) is 16.1. The molecular weight excluding hydrogens is 366 g/mol. The molecule has 0 amide bonds. The molecule has 4 heteroatoms. The first-order valence-electron chi connectivity index (χ1n) is 8.22. The first-order valence-corrected chi connectivity index (χ1v) is 9.01. The van der Waals surface area contributed by atoms with Crippen molar-refractivity contribution < 1.29 is 9.47 Å². The Morgan fingerprint density at radius 2 is 1.83 bits per heavy atom. The average molecular weight is 388 g/mol. The Morgan fingerprint density at radius 1 is 1.12 bits per heavy atom. The van der Waals surface area contributed by atoms with Gasteiger partial charge in [-0.1, -0.05) is 30.3 Å². The van der Waals surface area contributed by atoms with Crippen molar-refractivity contribution in [2.45, 2.75) is 6.92 Å². The maximum absolute atomic E-state index is 5.91. The van der Waals surface area contributed by atoms with Gasteiger partial charge in [0.05, 0.1) is 17.7 Å². The lowest BCUT2D eigenvalue weighted by molar-refractivity contribution is 0.0435. The number of ether oxygens (including phenoxy) is 2. The van der Waals surface area contributed by atoms with Gasteiger partial charge in [0.1, 0.15) is 11.5 Å². The number of para-hydroxylation sites is 1. The second-order valence-corrected chi connectivity index (χ2v) is 6.71. The van der Waals surface area contributed by atoms with Gasteiger partial charge in [-0.15, -0.1) is 0 Å². The van der Waals surface area contributed by atoms with E-state index in [9.17, 15) is 0 Å². The van der Waals surface area contributed by atoms with Crippen LogP contribution in [0.2, 0.25) is 0 Å². The van der Waals surface area contributed by atoms with E-state index in [0.717, 1.165) is 48.8 Å². The molecule has 126 valence electrons. The van der Waals surface area contributed by atoms with Gasteiger partial charge in [-0.25, -0.2) is 0 Å². The van der Waals surface area contributed by atoms with Crippen molar-refractivity contribution in [2.24, 2.45) is 0 Å². The molecule has 2 aromatic rings. The fraction of sp³-hybridized carbons (Fsp3) is 0.300. The van der Waals surface area contributed by atoms with E-state index in [2.05, 4.69) is 46.0 Å². The summed E-state index contributed by atoms with van der Waals surface area (Å²) >= 11 is 3.50. The number of halogens is 1. The van der Waals surface area contributed by atoms with Crippen LogP contribution in [0.25, 0.3) is 5.57 Å². The van der Waals surface area contributed by atoms with Crippen LogP contribution in [0, 0.1) is 0 Å². The Balaban J connectivity index is 1.62. The molecule has 0 spiro atoms. The molecule has 0 unspecified atom stereocenters. The third-order valence-electron chi connectivity index (χ3n) is 4.13. The van der Waals surface area contributed by atoms with E-state index in [1.54, 1.807) is 0 Å². The maximum Gasteiger partial charge on any atom is 0.141 e. The molecule has 0 bridgehead atoms. The Bertz CT molecular complexity index is 691. The van der Waals surface area contributed by atoms with Crippen molar-refractivity contribution >= 4 is 21.5 Å². The minimum atomic E-state index is 0.824. The second kappa shape index (κ2) is 8.47. The van der Waals surface area contributed by atoms with Gasteiger partial charge < -0.3 is 9.47 Å². The smallest absolute Gasteiger partial charge is 0.141 e. The van der Waals surface area contributed by atoms with Crippen LogP contribution in [-0.2, 0) is 4.74 Å². The number of rotatable bonds is 5. The summed E-state index contributed by atoms with van der Waals surface area (Å²) in [5.41, 5.74) is 2.51. The van der Waals surface area contributed by atoms with Crippen LogP contribution < -0.4 is 4.74 Å². The normalized spacial score (nSPS) is 16.2. The predicted molar refractivity (Wildman–Crippen MR) is 102 cm³/mol. The Labute approximate surface area is 152 Å². The van der Waals surface area contributed by atoms with Crippen molar-refractivity contribution in [1.82, 2.24) is 4.90 Å². The third-order valence-corrected chi connectivity index (χ3v) is 4.79. The van der Waals surface area contributed by atoms with E-state index in [1.807, 2.05) is 36.4 Å². The lowest BCUT2D eigenvalue weighted by Crippen LogP contribution is -2.36. The first kappa shape index (κ1) is 17.2. The standard InChI is InChI=1S/C20H22BrNO2/c1-16(10-11-22-12-14-23-15-13-22)17-6-8-18(9-7-17)24-20-5-3-2-4-19(20)21/h2-10H,11-15H2,1H3. The highest BCUT2D eigenvalue weighted by Gasteiger charge is 2.08. The number of morpholine rings is 1. The van der Waals surface area contributed by atoms with Crippen LogP contribution in [0.4, 0.5) is 0 Å². The van der Waals surface area contributed by atoms with Crippen LogP contribution in [0.5, 0.6) is 11.5 Å². The molecule has 3 nitrogen and oxygen atoms in total. The van der Waals surface area contributed by atoms with Gasteiger partial charge in [-0.3, -0.25) is 4.90 Å². The lowest BCUT2D eigenvalue weighted by atomic mass is 10.1. The van der Waals surface area contributed by atoms with E-state index < -0.39 is 0 Å². The quantitative estimate of drug-likeness (QED) is 0.722. The van der Waals surface area contributed by atoms with Crippen LogP contribution in [0.1, 0.15) is 12.5 Å². The van der Waals surface area contributed by atoms with Crippen LogP contribution in [0.3, 0.4) is 0 Å². The summed E-state index contributed by atoms with van der Waals surface area (Å²) in [6.45, 7) is 6.85. The zero-order valence-corrected chi connectivity index (χ0v) is 15.5. The zero-order chi connectivity index (χ0) is 16.8. The van der Waals surface area contributed by atoms with E-state index in [-0.39, 0.29) is 0 Å². The molecule has 0 radical (unpaired) electrons. The molecular formula is C20H22BrNO2. The van der Waals surface area contributed by atoms with E-state index in [1.165, 1.54) is 11.1 Å². The lowest BCUT2D eigenvalue weighted by Gasteiger charge is -2.25. The highest BCUT2D eigenvalue weighted by molar-refractivity contribution is 9.10. The van der Waals surface area contributed by atoms with Crippen molar-refractivity contribution in [3.8, 4) is 11.5 Å². The summed E-state index contributed by atoms with van der Waals surface area (Å²) in [5.74, 6) is 1.66. The highest BCUT2D eigenvalue weighted by Crippen LogP contribution is 2.29. The summed E-state index contributed by atoms with van der Waals surface area (Å²) in [4.78, 5) is 2.41. The minimum absolute atomic E-state index is 0.824. The Hall–Kier alpha value is -1.62. The molecule has 0 aliphatic carbocycles. The van der Waals surface area contributed by atoms with E-state index in [4.69, 9.17) is 9.47 Å². The molecule has 0 N–H and O–H groups in total. The van der Waals surface area contributed by atoms with Crippen molar-refractivity contribution in [3.05, 3.63) is 64.6 Å². The van der Waals surface area contributed by atoms with Gasteiger partial charge in [0, 0.05) is 19.6 Å². The molecule has 1 aliphatic heterocycles. The topological polar surface area (TPSA) is 21.7 Å². The first-order chi connectivity index (χ1) is 11.7. The fourth-order valence-corrected chi connectivity index (χ4v) is 2.97. The number of hydrogen-bond donors (Lipinski definition) is 0. The number of benzene rings is 2. The highest BCUT2D eigenvalue weighted by atomic mass is 79.9. The summed E-state index contributed by atoms with van der Waals surface area (Å²) in [5, 5.41) is 0. The van der Waals surface area contributed by atoms with Gasteiger partial charge >= 0.3 is 0 Å². The van der Waals surface area contributed by atoms with Crippen LogP contribution in [-0.4, -0.2) is 37.7 Å². The third kappa shape index (κ3) is 4.69. The Morgan fingerprint density at radius 3 is 2.54 bits per heavy atom. The van der Waals surface area contributed by atoms with E-state index >= 15 is 0 Å². The summed E-state index contributed by atoms with van der Waals surface area (Å²) < 4.78 is 12.2. The predicted octanol–water partition coefficient (Wildman–Crippen LogP) is 4.98. The average Bonchev–Trinajstić information content (AvgIpc) is 2.63. The molecule has 1 saturated heterocycles. The SMILES string of the molecule is CC(=CCN1CCOCC1)c1ccc(Oc2ccccc2Br)cc1. The molecule has 1 fully saturated rings. The van der Waals surface area contributed by atoms with Crippen LogP contribution in [0.15, 0.2) is 59.1 Å². The van der Waals surface area contributed by atoms with Crippen molar-refractivity contribution in [3.63, 3.8) is 0 Å². The molecule has 0 atom stereocenters. The zero-order valence-electron chi connectivity index (χ0n) is 13.9. The van der Waals surface area contributed by atoms with Crippen molar-refractivity contribution in [1.29, 1.82) is 0 Å². The number of nitrogens with zero attached hydrogens (tertiary/aromatic N) is 1. The molecule has 2 aromatic carbocycles.